The van der Waals surface area contributed by atoms with Crippen LogP contribution < -0.4 is 10.5 Å². The first-order chi connectivity index (χ1) is 7.33. The van der Waals surface area contributed by atoms with E-state index in [0.29, 0.717) is 0 Å². The number of nitrogens with one attached hydrogen (secondary N) is 1. The zero-order valence-corrected chi connectivity index (χ0v) is 9.48. The molecule has 0 aliphatic heterocycles. The number of sulfonamides is 1. The lowest BCUT2D eigenvalue weighted by Crippen LogP contribution is -2.33. The van der Waals surface area contributed by atoms with Gasteiger partial charge in [-0.25, -0.2) is 17.5 Å². The van der Waals surface area contributed by atoms with Crippen LogP contribution in [0.4, 0.5) is 4.39 Å². The SMILES string of the molecule is NC(=O)CNS(=O)(=O)c1ccc(F)c(Cl)c1. The van der Waals surface area contributed by atoms with Crippen LogP contribution in [0.5, 0.6) is 0 Å². The third-order valence-electron chi connectivity index (χ3n) is 1.64. The number of carbonyl (C=O) groups excluding carboxylic acids is 1. The monoisotopic (exact) mass is 266 g/mol. The molecule has 8 heteroatoms. The molecule has 0 aliphatic carbocycles. The Morgan fingerprint density at radius 3 is 2.62 bits per heavy atom. The molecule has 0 saturated heterocycles. The van der Waals surface area contributed by atoms with Crippen molar-refractivity contribution in [3.8, 4) is 0 Å². The van der Waals surface area contributed by atoms with Gasteiger partial charge < -0.3 is 5.73 Å². The highest BCUT2D eigenvalue weighted by Crippen LogP contribution is 2.18. The molecular weight excluding hydrogens is 259 g/mol. The molecule has 3 N–H and O–H groups in total. The van der Waals surface area contributed by atoms with E-state index < -0.39 is 28.3 Å². The molecule has 5 nitrogen and oxygen atoms in total. The Kier molecular flexibility index (Phi) is 3.84. The Morgan fingerprint density at radius 1 is 1.50 bits per heavy atom. The molecule has 16 heavy (non-hydrogen) atoms. The predicted octanol–water partition coefficient (Wildman–Crippen LogP) is 0.243. The standard InChI is InChI=1S/C8H8ClFN2O3S/c9-6-3-5(1-2-7(6)10)16(14,15)12-4-8(11)13/h1-3,12H,4H2,(H2,11,13). The quantitative estimate of drug-likeness (QED) is 0.818. The highest BCUT2D eigenvalue weighted by Gasteiger charge is 2.16. The van der Waals surface area contributed by atoms with Crippen molar-refractivity contribution in [3.05, 3.63) is 29.0 Å². The van der Waals surface area contributed by atoms with Gasteiger partial charge in [-0.05, 0) is 18.2 Å². The Hall–Kier alpha value is -1.18. The number of halogens is 2. The van der Waals surface area contributed by atoms with E-state index in [1.54, 1.807) is 0 Å². The summed E-state index contributed by atoms with van der Waals surface area (Å²) in [6, 6.07) is 2.89. The van der Waals surface area contributed by atoms with Crippen LogP contribution in [0.3, 0.4) is 0 Å². The van der Waals surface area contributed by atoms with Crippen molar-refractivity contribution in [3.63, 3.8) is 0 Å². The lowest BCUT2D eigenvalue weighted by atomic mass is 10.3. The van der Waals surface area contributed by atoms with Crippen LogP contribution in [0.2, 0.25) is 5.02 Å². The third-order valence-corrected chi connectivity index (χ3v) is 3.33. The van der Waals surface area contributed by atoms with Crippen molar-refractivity contribution in [2.45, 2.75) is 4.90 Å². The maximum atomic E-state index is 12.8. The van der Waals surface area contributed by atoms with Crippen molar-refractivity contribution in [2.24, 2.45) is 5.73 Å². The largest absolute Gasteiger partial charge is 0.369 e. The van der Waals surface area contributed by atoms with E-state index in [1.165, 1.54) is 0 Å². The van der Waals surface area contributed by atoms with Crippen molar-refractivity contribution in [1.82, 2.24) is 4.72 Å². The van der Waals surface area contributed by atoms with Gasteiger partial charge in [0, 0.05) is 0 Å². The van der Waals surface area contributed by atoms with Gasteiger partial charge in [-0.2, -0.15) is 0 Å². The van der Waals surface area contributed by atoms with Gasteiger partial charge in [-0.1, -0.05) is 11.6 Å². The number of hydrogen-bond acceptors (Lipinski definition) is 3. The topological polar surface area (TPSA) is 89.3 Å². The molecule has 1 aromatic rings. The number of nitrogens with two attached hydrogens (primary N) is 1. The summed E-state index contributed by atoms with van der Waals surface area (Å²) in [6.07, 6.45) is 0. The molecule has 0 unspecified atom stereocenters. The first kappa shape index (κ1) is 12.9. The van der Waals surface area contributed by atoms with E-state index in [1.807, 2.05) is 4.72 Å². The van der Waals surface area contributed by atoms with Gasteiger partial charge in [0.2, 0.25) is 15.9 Å². The number of amides is 1. The van der Waals surface area contributed by atoms with Crippen LogP contribution in [0.15, 0.2) is 23.1 Å². The van der Waals surface area contributed by atoms with Crippen LogP contribution in [0.1, 0.15) is 0 Å². The second kappa shape index (κ2) is 4.77. The van der Waals surface area contributed by atoms with Crippen LogP contribution in [0.25, 0.3) is 0 Å². The van der Waals surface area contributed by atoms with Gasteiger partial charge in [0.15, 0.2) is 0 Å². The Labute approximate surface area is 96.4 Å². The fourth-order valence-corrected chi connectivity index (χ4v) is 2.16. The molecule has 0 bridgehead atoms. The first-order valence-corrected chi connectivity index (χ1v) is 5.92. The van der Waals surface area contributed by atoms with Crippen LogP contribution >= 0.6 is 11.6 Å². The molecule has 0 radical (unpaired) electrons. The van der Waals surface area contributed by atoms with Gasteiger partial charge in [0.1, 0.15) is 5.82 Å². The van der Waals surface area contributed by atoms with E-state index in [4.69, 9.17) is 17.3 Å². The molecule has 0 aromatic heterocycles. The normalized spacial score (nSPS) is 11.4. The molecule has 1 aromatic carbocycles. The minimum absolute atomic E-state index is 0.236. The van der Waals surface area contributed by atoms with Crippen LogP contribution in [-0.2, 0) is 14.8 Å². The minimum Gasteiger partial charge on any atom is -0.369 e. The smallest absolute Gasteiger partial charge is 0.241 e. The molecule has 88 valence electrons. The number of carbonyl (C=O) groups is 1. The zero-order chi connectivity index (χ0) is 12.3. The number of primary amides is 1. The molecule has 1 rings (SSSR count). The summed E-state index contributed by atoms with van der Waals surface area (Å²) in [7, 11) is -3.90. The number of rotatable bonds is 4. The summed E-state index contributed by atoms with van der Waals surface area (Å²) in [5.74, 6) is -1.55. The lowest BCUT2D eigenvalue weighted by molar-refractivity contribution is -0.116. The van der Waals surface area contributed by atoms with E-state index in [9.17, 15) is 17.6 Å². The summed E-state index contributed by atoms with van der Waals surface area (Å²) in [5.41, 5.74) is 4.78. The second-order valence-electron chi connectivity index (χ2n) is 2.87. The van der Waals surface area contributed by atoms with Crippen molar-refractivity contribution >= 4 is 27.5 Å². The highest BCUT2D eigenvalue weighted by atomic mass is 35.5. The highest BCUT2D eigenvalue weighted by molar-refractivity contribution is 7.89. The Morgan fingerprint density at radius 2 is 2.12 bits per heavy atom. The number of benzene rings is 1. The Balaban J connectivity index is 2.99. The second-order valence-corrected chi connectivity index (χ2v) is 5.04. The summed E-state index contributed by atoms with van der Waals surface area (Å²) >= 11 is 5.42. The summed E-state index contributed by atoms with van der Waals surface area (Å²) < 4.78 is 37.7. The van der Waals surface area contributed by atoms with Gasteiger partial charge in [0.05, 0.1) is 16.5 Å². The molecular formula is C8H8ClFN2O3S. The zero-order valence-electron chi connectivity index (χ0n) is 7.91. The number of hydrogen-bond donors (Lipinski definition) is 2. The molecule has 1 amide bonds. The van der Waals surface area contributed by atoms with Gasteiger partial charge in [-0.3, -0.25) is 4.79 Å². The van der Waals surface area contributed by atoms with Crippen LogP contribution in [0, 0.1) is 5.82 Å². The van der Waals surface area contributed by atoms with E-state index in [-0.39, 0.29) is 9.92 Å². The average molecular weight is 267 g/mol. The molecule has 0 spiro atoms. The first-order valence-electron chi connectivity index (χ1n) is 4.06. The third kappa shape index (κ3) is 3.16. The minimum atomic E-state index is -3.90. The van der Waals surface area contributed by atoms with Crippen LogP contribution in [-0.4, -0.2) is 20.9 Å². The van der Waals surface area contributed by atoms with Crippen molar-refractivity contribution < 1.29 is 17.6 Å². The van der Waals surface area contributed by atoms with E-state index in [2.05, 4.69) is 0 Å². The van der Waals surface area contributed by atoms with Gasteiger partial charge in [-0.15, -0.1) is 0 Å². The molecule has 0 saturated carbocycles. The van der Waals surface area contributed by atoms with Gasteiger partial charge in [0.25, 0.3) is 0 Å². The fraction of sp³-hybridized carbons (Fsp3) is 0.125. The molecule has 0 fully saturated rings. The van der Waals surface area contributed by atoms with Gasteiger partial charge >= 0.3 is 0 Å². The lowest BCUT2D eigenvalue weighted by Gasteiger charge is -2.05. The predicted molar refractivity (Wildman–Crippen MR) is 55.8 cm³/mol. The Bertz CT molecular complexity index is 518. The maximum Gasteiger partial charge on any atom is 0.241 e. The maximum absolute atomic E-state index is 12.8. The fourth-order valence-electron chi connectivity index (χ4n) is 0.893. The molecule has 0 atom stereocenters. The summed E-state index contributed by atoms with van der Waals surface area (Å²) in [4.78, 5) is 10.2. The van der Waals surface area contributed by atoms with E-state index in [0.717, 1.165) is 18.2 Å². The molecule has 0 aliphatic rings. The average Bonchev–Trinajstić information content (AvgIpc) is 2.19. The van der Waals surface area contributed by atoms with Crippen molar-refractivity contribution in [1.29, 1.82) is 0 Å². The van der Waals surface area contributed by atoms with E-state index >= 15 is 0 Å². The summed E-state index contributed by atoms with van der Waals surface area (Å²) in [6.45, 7) is -0.530. The molecule has 0 heterocycles. The van der Waals surface area contributed by atoms with Crippen molar-refractivity contribution in [2.75, 3.05) is 6.54 Å². The summed E-state index contributed by atoms with van der Waals surface area (Å²) in [5, 5.41) is -0.318.